The number of alkyl halides is 3. The molecule has 0 saturated heterocycles. The van der Waals surface area contributed by atoms with Gasteiger partial charge in [0.15, 0.2) is 0 Å². The molecule has 0 aliphatic carbocycles. The highest BCUT2D eigenvalue weighted by Gasteiger charge is 2.31. The Hall–Kier alpha value is -3.66. The van der Waals surface area contributed by atoms with Crippen LogP contribution in [0.1, 0.15) is 42.6 Å². The molecule has 0 spiro atoms. The lowest BCUT2D eigenvalue weighted by atomic mass is 10.2. The highest BCUT2D eigenvalue weighted by molar-refractivity contribution is 5.95. The maximum atomic E-state index is 12.3. The van der Waals surface area contributed by atoms with E-state index < -0.39 is 6.36 Å². The number of aromatic nitrogens is 3. The Bertz CT molecular complexity index is 1140. The minimum absolute atomic E-state index is 0. The Kier molecular flexibility index (Phi) is 9.59. The number of benzene rings is 1. The van der Waals surface area contributed by atoms with Crippen LogP contribution in [0.4, 0.5) is 13.2 Å². The molecule has 0 atom stereocenters. The van der Waals surface area contributed by atoms with Crippen LogP contribution in [0.15, 0.2) is 60.2 Å². The smallest absolute Gasteiger partial charge is 0.479 e. The van der Waals surface area contributed by atoms with Gasteiger partial charge in [0.2, 0.25) is 5.90 Å². The van der Waals surface area contributed by atoms with Crippen LogP contribution < -0.4 is 10.1 Å². The van der Waals surface area contributed by atoms with Gasteiger partial charge in [0, 0.05) is 18.4 Å². The molecule has 0 fully saturated rings. The molecule has 0 aliphatic heterocycles. The zero-order valence-corrected chi connectivity index (χ0v) is 19.2. The third kappa shape index (κ3) is 7.96. The molecule has 0 saturated carbocycles. The molecule has 0 aliphatic rings. The Labute approximate surface area is 203 Å². The van der Waals surface area contributed by atoms with Gasteiger partial charge in [-0.25, -0.2) is 4.99 Å². The van der Waals surface area contributed by atoms with E-state index in [0.29, 0.717) is 23.5 Å². The Balaban J connectivity index is 0.00000432. The Morgan fingerprint density at radius 1 is 1.17 bits per heavy atom. The van der Waals surface area contributed by atoms with Crippen molar-refractivity contribution >= 4 is 11.6 Å². The number of ether oxygens (including phenoxy) is 2. The van der Waals surface area contributed by atoms with Gasteiger partial charge in [-0.1, -0.05) is 27.0 Å². The number of methoxy groups -OCH3 is 1. The third-order valence-corrected chi connectivity index (χ3v) is 4.83. The fourth-order valence-electron chi connectivity index (χ4n) is 3.10. The summed E-state index contributed by atoms with van der Waals surface area (Å²) in [7, 11) is 1.47. The highest BCUT2D eigenvalue weighted by Crippen LogP contribution is 2.25. The number of nitrogens with one attached hydrogen (secondary N) is 1. The summed E-state index contributed by atoms with van der Waals surface area (Å²) in [5.74, 6) is -0.0832. The molecule has 3 aromatic rings. The van der Waals surface area contributed by atoms with Crippen LogP contribution in [0, 0.1) is 6.92 Å². The summed E-state index contributed by atoms with van der Waals surface area (Å²) in [6.45, 7) is 9.98. The SMILES string of the molecule is C.C=C(N=C(OC)c1cc(C)n(Cc2ccc(CNCC)nc2)n1)c1ccc(OC(F)(F)F)cc1. The largest absolute Gasteiger partial charge is 0.573 e. The molecule has 2 aromatic heterocycles. The van der Waals surface area contributed by atoms with Gasteiger partial charge in [-0.3, -0.25) is 9.67 Å². The molecule has 3 rings (SSSR count). The summed E-state index contributed by atoms with van der Waals surface area (Å²) >= 11 is 0. The van der Waals surface area contributed by atoms with Crippen LogP contribution in [0.3, 0.4) is 0 Å². The van der Waals surface area contributed by atoms with Gasteiger partial charge in [0.1, 0.15) is 11.4 Å². The minimum atomic E-state index is -4.75. The molecule has 1 N–H and O–H groups in total. The van der Waals surface area contributed by atoms with Crippen LogP contribution >= 0.6 is 0 Å². The second-order valence-corrected chi connectivity index (χ2v) is 7.41. The first-order chi connectivity index (χ1) is 16.2. The summed E-state index contributed by atoms with van der Waals surface area (Å²) < 4.78 is 48.2. The quantitative estimate of drug-likeness (QED) is 0.324. The second kappa shape index (κ2) is 12.2. The number of pyridine rings is 1. The molecule has 0 unspecified atom stereocenters. The van der Waals surface area contributed by atoms with Crippen LogP contribution in [0.2, 0.25) is 0 Å². The van der Waals surface area contributed by atoms with Crippen molar-refractivity contribution in [2.45, 2.75) is 40.7 Å². The molecule has 188 valence electrons. The molecule has 0 radical (unpaired) electrons. The van der Waals surface area contributed by atoms with E-state index in [9.17, 15) is 13.2 Å². The van der Waals surface area contributed by atoms with Crippen LogP contribution in [0.25, 0.3) is 5.70 Å². The number of aryl methyl sites for hydroxylation is 1. The summed E-state index contributed by atoms with van der Waals surface area (Å²) in [5, 5.41) is 7.82. The number of nitrogens with zero attached hydrogens (tertiary/aromatic N) is 4. The topological polar surface area (TPSA) is 73.6 Å². The summed E-state index contributed by atoms with van der Waals surface area (Å²) in [6, 6.07) is 11.1. The van der Waals surface area contributed by atoms with Gasteiger partial charge in [0.25, 0.3) is 0 Å². The molecular formula is C25H30F3N5O2. The standard InChI is InChI=1S/C24H26F3N5O2.CH4/c1-5-28-14-20-9-6-18(13-29-20)15-32-16(2)12-22(31-32)23(33-4)30-17(3)19-7-10-21(11-8-19)34-24(25,26)27;/h6-13,28H,3,5,14-15H2,1-2,4H3;1H4. The second-order valence-electron chi connectivity index (χ2n) is 7.41. The molecule has 10 heteroatoms. The average molecular weight is 490 g/mol. The van der Waals surface area contributed by atoms with E-state index in [4.69, 9.17) is 4.74 Å². The zero-order valence-electron chi connectivity index (χ0n) is 19.2. The number of hydrogen-bond acceptors (Lipinski definition) is 6. The molecular weight excluding hydrogens is 459 g/mol. The first-order valence-electron chi connectivity index (χ1n) is 10.6. The lowest BCUT2D eigenvalue weighted by Gasteiger charge is -2.09. The number of hydrogen-bond donors (Lipinski definition) is 1. The van der Waals surface area contributed by atoms with Crippen LogP contribution in [-0.4, -0.2) is 40.7 Å². The lowest BCUT2D eigenvalue weighted by molar-refractivity contribution is -0.274. The van der Waals surface area contributed by atoms with Crippen LogP contribution in [-0.2, 0) is 17.8 Å². The molecule has 0 bridgehead atoms. The molecule has 2 heterocycles. The number of aliphatic imine (C=N–C) groups is 1. The van der Waals surface area contributed by atoms with E-state index in [1.54, 1.807) is 0 Å². The van der Waals surface area contributed by atoms with Crippen LogP contribution in [0.5, 0.6) is 5.75 Å². The number of rotatable bonds is 9. The van der Waals surface area contributed by atoms with E-state index in [-0.39, 0.29) is 19.1 Å². The fourth-order valence-corrected chi connectivity index (χ4v) is 3.10. The van der Waals surface area contributed by atoms with E-state index >= 15 is 0 Å². The summed E-state index contributed by atoms with van der Waals surface area (Å²) in [5.41, 5.74) is 4.20. The van der Waals surface area contributed by atoms with Crippen molar-refractivity contribution in [2.75, 3.05) is 13.7 Å². The van der Waals surface area contributed by atoms with E-state index in [0.717, 1.165) is 30.0 Å². The molecule has 1 aromatic carbocycles. The van der Waals surface area contributed by atoms with Crippen molar-refractivity contribution in [1.82, 2.24) is 20.1 Å². The molecule has 7 nitrogen and oxygen atoms in total. The van der Waals surface area contributed by atoms with Crippen molar-refractivity contribution in [1.29, 1.82) is 0 Å². The van der Waals surface area contributed by atoms with Gasteiger partial charge in [-0.2, -0.15) is 5.10 Å². The van der Waals surface area contributed by atoms with Gasteiger partial charge >= 0.3 is 6.36 Å². The molecule has 35 heavy (non-hydrogen) atoms. The van der Waals surface area contributed by atoms with E-state index in [2.05, 4.69) is 31.7 Å². The summed E-state index contributed by atoms with van der Waals surface area (Å²) in [4.78, 5) is 8.85. The Morgan fingerprint density at radius 2 is 1.89 bits per heavy atom. The van der Waals surface area contributed by atoms with Gasteiger partial charge < -0.3 is 14.8 Å². The van der Waals surface area contributed by atoms with Crippen molar-refractivity contribution < 1.29 is 22.6 Å². The minimum Gasteiger partial charge on any atom is -0.479 e. The summed E-state index contributed by atoms with van der Waals surface area (Å²) in [6.07, 6.45) is -2.92. The molecule has 0 amide bonds. The highest BCUT2D eigenvalue weighted by atomic mass is 19.4. The predicted octanol–water partition coefficient (Wildman–Crippen LogP) is 5.34. The maximum absolute atomic E-state index is 12.3. The average Bonchev–Trinajstić information content (AvgIpc) is 3.16. The number of halogens is 3. The maximum Gasteiger partial charge on any atom is 0.573 e. The van der Waals surface area contributed by atoms with Gasteiger partial charge in [-0.15, -0.1) is 13.2 Å². The van der Waals surface area contributed by atoms with Gasteiger partial charge in [0.05, 0.1) is 25.0 Å². The Morgan fingerprint density at radius 3 is 2.46 bits per heavy atom. The van der Waals surface area contributed by atoms with E-state index in [1.807, 2.05) is 42.9 Å². The van der Waals surface area contributed by atoms with Crippen molar-refractivity contribution in [2.24, 2.45) is 4.99 Å². The normalized spacial score (nSPS) is 11.7. The van der Waals surface area contributed by atoms with Gasteiger partial charge in [-0.05, 0) is 61.0 Å². The third-order valence-electron chi connectivity index (χ3n) is 4.83. The fraction of sp³-hybridized carbons (Fsp3) is 0.320. The van der Waals surface area contributed by atoms with E-state index in [1.165, 1.54) is 31.4 Å². The lowest BCUT2D eigenvalue weighted by Crippen LogP contribution is -2.17. The first-order valence-corrected chi connectivity index (χ1v) is 10.6. The first kappa shape index (κ1) is 27.6. The van der Waals surface area contributed by atoms with Crippen molar-refractivity contribution in [3.63, 3.8) is 0 Å². The van der Waals surface area contributed by atoms with Crippen molar-refractivity contribution in [3.8, 4) is 5.75 Å². The zero-order chi connectivity index (χ0) is 24.7. The van der Waals surface area contributed by atoms with Crippen molar-refractivity contribution in [3.05, 3.63) is 83.4 Å². The predicted molar refractivity (Wildman–Crippen MR) is 130 cm³/mol. The monoisotopic (exact) mass is 489 g/mol.